The first-order chi connectivity index (χ1) is 6.02. The van der Waals surface area contributed by atoms with Gasteiger partial charge in [0.1, 0.15) is 0 Å². The van der Waals surface area contributed by atoms with E-state index in [4.69, 9.17) is 11.6 Å². The number of nitrogens with zero attached hydrogens (tertiary/aromatic N) is 1. The summed E-state index contributed by atoms with van der Waals surface area (Å²) in [5.41, 5.74) is 0.731. The number of benzene rings is 1. The molecule has 1 aromatic carbocycles. The molecule has 0 saturated carbocycles. The Hall–Kier alpha value is -0.0600. The fourth-order valence-electron chi connectivity index (χ4n) is 0.838. The van der Waals surface area contributed by atoms with Crippen LogP contribution in [0.4, 0.5) is 10.5 Å². The fourth-order valence-corrected chi connectivity index (χ4v) is 1.79. The SMILES string of the molecule is CN(C(=O)Cl)c1cc(Br)ccc1Br. The Balaban J connectivity index is 3.12. The van der Waals surface area contributed by atoms with Crippen LogP contribution in [0.15, 0.2) is 27.1 Å². The van der Waals surface area contributed by atoms with Gasteiger partial charge in [-0.25, -0.2) is 0 Å². The second kappa shape index (κ2) is 4.44. The summed E-state index contributed by atoms with van der Waals surface area (Å²) in [6.07, 6.45) is 0. The molecular formula is C8H6Br2ClNO. The fraction of sp³-hybridized carbons (Fsp3) is 0.125. The van der Waals surface area contributed by atoms with Gasteiger partial charge in [-0.1, -0.05) is 15.9 Å². The predicted molar refractivity (Wildman–Crippen MR) is 61.5 cm³/mol. The zero-order valence-corrected chi connectivity index (χ0v) is 10.6. The first kappa shape index (κ1) is 11.0. The van der Waals surface area contributed by atoms with E-state index < -0.39 is 5.37 Å². The van der Waals surface area contributed by atoms with Crippen molar-refractivity contribution in [2.75, 3.05) is 11.9 Å². The molecule has 0 fully saturated rings. The number of halogens is 3. The van der Waals surface area contributed by atoms with Crippen molar-refractivity contribution in [3.05, 3.63) is 27.1 Å². The zero-order valence-electron chi connectivity index (χ0n) is 6.72. The van der Waals surface area contributed by atoms with Gasteiger partial charge in [-0.15, -0.1) is 0 Å². The molecule has 0 spiro atoms. The number of hydrogen-bond acceptors (Lipinski definition) is 1. The van der Waals surface area contributed by atoms with Crippen molar-refractivity contribution in [3.63, 3.8) is 0 Å². The van der Waals surface area contributed by atoms with Gasteiger partial charge in [0.15, 0.2) is 0 Å². The molecule has 2 nitrogen and oxygen atoms in total. The summed E-state index contributed by atoms with van der Waals surface area (Å²) in [5, 5.41) is -0.515. The average molecular weight is 327 g/mol. The lowest BCUT2D eigenvalue weighted by atomic mass is 10.3. The number of hydrogen-bond donors (Lipinski definition) is 0. The molecule has 0 aromatic heterocycles. The highest BCUT2D eigenvalue weighted by atomic mass is 79.9. The van der Waals surface area contributed by atoms with Crippen LogP contribution in [0.3, 0.4) is 0 Å². The van der Waals surface area contributed by atoms with Gasteiger partial charge in [0.25, 0.3) is 0 Å². The molecule has 1 rings (SSSR count). The van der Waals surface area contributed by atoms with Crippen molar-refractivity contribution < 1.29 is 4.79 Å². The molecule has 0 aliphatic heterocycles. The quantitative estimate of drug-likeness (QED) is 0.564. The van der Waals surface area contributed by atoms with E-state index in [9.17, 15) is 4.79 Å². The monoisotopic (exact) mass is 325 g/mol. The van der Waals surface area contributed by atoms with Crippen molar-refractivity contribution in [1.29, 1.82) is 0 Å². The van der Waals surface area contributed by atoms with Gasteiger partial charge in [-0.3, -0.25) is 4.79 Å². The average Bonchev–Trinajstić information content (AvgIpc) is 2.08. The molecule has 5 heteroatoms. The highest BCUT2D eigenvalue weighted by Crippen LogP contribution is 2.29. The zero-order chi connectivity index (χ0) is 10.0. The largest absolute Gasteiger partial charge is 0.320 e. The summed E-state index contributed by atoms with van der Waals surface area (Å²) >= 11 is 12.0. The van der Waals surface area contributed by atoms with E-state index in [1.165, 1.54) is 4.90 Å². The maximum Gasteiger partial charge on any atom is 0.320 e. The van der Waals surface area contributed by atoms with Crippen LogP contribution < -0.4 is 4.90 Å². The van der Waals surface area contributed by atoms with Gasteiger partial charge >= 0.3 is 5.37 Å². The van der Waals surface area contributed by atoms with Crippen LogP contribution in [0, 0.1) is 0 Å². The Morgan fingerprint density at radius 3 is 2.62 bits per heavy atom. The second-order valence-electron chi connectivity index (χ2n) is 2.41. The maximum atomic E-state index is 10.9. The summed E-state index contributed by atoms with van der Waals surface area (Å²) in [6, 6.07) is 5.53. The number of amides is 1. The predicted octanol–water partition coefficient (Wildman–Crippen LogP) is 4.01. The Labute approximate surface area is 98.1 Å². The lowest BCUT2D eigenvalue weighted by Gasteiger charge is -2.15. The summed E-state index contributed by atoms with van der Waals surface area (Å²) in [4.78, 5) is 12.2. The Kier molecular flexibility index (Phi) is 3.76. The third-order valence-corrected chi connectivity index (χ3v) is 2.95. The lowest BCUT2D eigenvalue weighted by molar-refractivity contribution is 0.265. The number of carbonyl (C=O) groups excluding carboxylic acids is 1. The Morgan fingerprint density at radius 2 is 2.08 bits per heavy atom. The maximum absolute atomic E-state index is 10.9. The van der Waals surface area contributed by atoms with Crippen molar-refractivity contribution in [1.82, 2.24) is 0 Å². The minimum absolute atomic E-state index is 0.515. The van der Waals surface area contributed by atoms with Gasteiger partial charge in [-0.05, 0) is 45.7 Å². The van der Waals surface area contributed by atoms with E-state index in [1.54, 1.807) is 7.05 Å². The summed E-state index contributed by atoms with van der Waals surface area (Å²) in [7, 11) is 1.61. The molecular weight excluding hydrogens is 321 g/mol. The van der Waals surface area contributed by atoms with Crippen molar-refractivity contribution in [3.8, 4) is 0 Å². The topological polar surface area (TPSA) is 20.3 Å². The van der Waals surface area contributed by atoms with E-state index in [-0.39, 0.29) is 0 Å². The molecule has 0 aliphatic carbocycles. The highest BCUT2D eigenvalue weighted by molar-refractivity contribution is 9.11. The van der Waals surface area contributed by atoms with Crippen LogP contribution in [0.2, 0.25) is 0 Å². The van der Waals surface area contributed by atoms with Crippen LogP contribution in [-0.4, -0.2) is 12.4 Å². The van der Waals surface area contributed by atoms with Gasteiger partial charge in [0.05, 0.1) is 5.69 Å². The normalized spacial score (nSPS) is 9.85. The number of anilines is 1. The van der Waals surface area contributed by atoms with Gasteiger partial charge in [-0.2, -0.15) is 0 Å². The highest BCUT2D eigenvalue weighted by Gasteiger charge is 2.10. The van der Waals surface area contributed by atoms with Crippen molar-refractivity contribution >= 4 is 54.5 Å². The van der Waals surface area contributed by atoms with Crippen LogP contribution in [0.1, 0.15) is 0 Å². The molecule has 0 saturated heterocycles. The van der Waals surface area contributed by atoms with Crippen LogP contribution >= 0.6 is 43.5 Å². The number of carbonyl (C=O) groups is 1. The molecule has 0 bridgehead atoms. The summed E-state index contributed by atoms with van der Waals surface area (Å²) in [5.74, 6) is 0. The van der Waals surface area contributed by atoms with E-state index in [2.05, 4.69) is 31.9 Å². The van der Waals surface area contributed by atoms with Crippen LogP contribution in [-0.2, 0) is 0 Å². The third-order valence-electron chi connectivity index (χ3n) is 1.53. The molecule has 1 aromatic rings. The van der Waals surface area contributed by atoms with Gasteiger partial charge in [0.2, 0.25) is 0 Å². The first-order valence-electron chi connectivity index (χ1n) is 3.40. The smallest absolute Gasteiger partial charge is 0.301 e. The molecule has 70 valence electrons. The molecule has 0 atom stereocenters. The first-order valence-corrected chi connectivity index (χ1v) is 5.37. The Morgan fingerprint density at radius 1 is 1.46 bits per heavy atom. The minimum atomic E-state index is -0.515. The molecule has 0 radical (unpaired) electrons. The van der Waals surface area contributed by atoms with Gasteiger partial charge < -0.3 is 4.90 Å². The molecule has 0 heterocycles. The standard InChI is InChI=1S/C8H6Br2ClNO/c1-12(8(11)13)7-4-5(9)2-3-6(7)10/h2-4H,1H3. The van der Waals surface area contributed by atoms with Crippen LogP contribution in [0.25, 0.3) is 0 Å². The van der Waals surface area contributed by atoms with E-state index >= 15 is 0 Å². The molecule has 0 N–H and O–H groups in total. The van der Waals surface area contributed by atoms with E-state index in [0.717, 1.165) is 14.6 Å². The van der Waals surface area contributed by atoms with Crippen molar-refractivity contribution in [2.45, 2.75) is 0 Å². The molecule has 0 unspecified atom stereocenters. The van der Waals surface area contributed by atoms with Crippen LogP contribution in [0.5, 0.6) is 0 Å². The minimum Gasteiger partial charge on any atom is -0.301 e. The van der Waals surface area contributed by atoms with Gasteiger partial charge in [0, 0.05) is 16.0 Å². The second-order valence-corrected chi connectivity index (χ2v) is 4.50. The van der Waals surface area contributed by atoms with Crippen molar-refractivity contribution in [2.24, 2.45) is 0 Å². The summed E-state index contributed by atoms with van der Waals surface area (Å²) < 4.78 is 1.72. The number of rotatable bonds is 1. The Bertz CT molecular complexity index is 343. The van der Waals surface area contributed by atoms with E-state index in [0.29, 0.717) is 0 Å². The molecule has 1 amide bonds. The van der Waals surface area contributed by atoms with E-state index in [1.807, 2.05) is 18.2 Å². The molecule has 13 heavy (non-hydrogen) atoms. The summed E-state index contributed by atoms with van der Waals surface area (Å²) in [6.45, 7) is 0. The third kappa shape index (κ3) is 2.69. The lowest BCUT2D eigenvalue weighted by Crippen LogP contribution is -2.19. The molecule has 0 aliphatic rings.